The van der Waals surface area contributed by atoms with E-state index in [0.29, 0.717) is 0 Å². The Balaban J connectivity index is 1.72. The van der Waals surface area contributed by atoms with Gasteiger partial charge >= 0.3 is 0 Å². The standard InChI is InChI=1S/C12H24N2/c13-7-10-14-8-5-12(6-9-14)11-3-1-2-4-11/h11-12H,1-10,13H2. The molecular formula is C12H24N2. The Labute approximate surface area is 87.8 Å². The van der Waals surface area contributed by atoms with Gasteiger partial charge in [0.05, 0.1) is 0 Å². The van der Waals surface area contributed by atoms with E-state index in [4.69, 9.17) is 5.73 Å². The molecule has 0 bridgehead atoms. The second kappa shape index (κ2) is 5.13. The zero-order valence-electron chi connectivity index (χ0n) is 9.25. The predicted molar refractivity (Wildman–Crippen MR) is 60.2 cm³/mol. The molecule has 2 fully saturated rings. The van der Waals surface area contributed by atoms with E-state index in [-0.39, 0.29) is 0 Å². The third kappa shape index (κ3) is 2.48. The molecule has 1 saturated carbocycles. The maximum absolute atomic E-state index is 5.57. The van der Waals surface area contributed by atoms with Crippen molar-refractivity contribution in [2.45, 2.75) is 38.5 Å². The van der Waals surface area contributed by atoms with Crippen molar-refractivity contribution in [2.24, 2.45) is 17.6 Å². The molecule has 1 heterocycles. The van der Waals surface area contributed by atoms with Crippen molar-refractivity contribution in [3.05, 3.63) is 0 Å². The Bertz CT molecular complexity index is 156. The molecule has 1 aliphatic heterocycles. The van der Waals surface area contributed by atoms with Gasteiger partial charge in [0.25, 0.3) is 0 Å². The predicted octanol–water partition coefficient (Wildman–Crippen LogP) is 1.85. The fourth-order valence-electron chi connectivity index (χ4n) is 3.26. The van der Waals surface area contributed by atoms with Gasteiger partial charge in [-0.15, -0.1) is 0 Å². The average Bonchev–Trinajstić information content (AvgIpc) is 2.72. The van der Waals surface area contributed by atoms with E-state index in [9.17, 15) is 0 Å². The molecule has 0 spiro atoms. The molecule has 2 nitrogen and oxygen atoms in total. The van der Waals surface area contributed by atoms with E-state index in [2.05, 4.69) is 4.90 Å². The van der Waals surface area contributed by atoms with Crippen molar-refractivity contribution in [1.29, 1.82) is 0 Å². The Morgan fingerprint density at radius 2 is 1.50 bits per heavy atom. The zero-order chi connectivity index (χ0) is 9.80. The Hall–Kier alpha value is -0.0800. The van der Waals surface area contributed by atoms with Gasteiger partial charge in [0.1, 0.15) is 0 Å². The summed E-state index contributed by atoms with van der Waals surface area (Å²) >= 11 is 0. The molecule has 2 heteroatoms. The number of nitrogens with two attached hydrogens (primary N) is 1. The summed E-state index contributed by atoms with van der Waals surface area (Å²) in [5, 5.41) is 0. The second-order valence-electron chi connectivity index (χ2n) is 5.01. The van der Waals surface area contributed by atoms with Crippen LogP contribution in [0.2, 0.25) is 0 Å². The largest absolute Gasteiger partial charge is 0.329 e. The van der Waals surface area contributed by atoms with E-state index in [1.165, 1.54) is 51.6 Å². The van der Waals surface area contributed by atoms with Crippen LogP contribution < -0.4 is 5.73 Å². The molecule has 82 valence electrons. The summed E-state index contributed by atoms with van der Waals surface area (Å²) in [5.41, 5.74) is 5.57. The lowest BCUT2D eigenvalue weighted by molar-refractivity contribution is 0.151. The first-order valence-electron chi connectivity index (χ1n) is 6.32. The highest BCUT2D eigenvalue weighted by atomic mass is 15.1. The van der Waals surface area contributed by atoms with Gasteiger partial charge in [-0.05, 0) is 37.8 Å². The summed E-state index contributed by atoms with van der Waals surface area (Å²) in [6, 6.07) is 0. The number of hydrogen-bond donors (Lipinski definition) is 1. The highest BCUT2D eigenvalue weighted by molar-refractivity contribution is 4.80. The van der Waals surface area contributed by atoms with E-state index in [1.54, 1.807) is 0 Å². The van der Waals surface area contributed by atoms with Crippen LogP contribution in [0, 0.1) is 11.8 Å². The van der Waals surface area contributed by atoms with Gasteiger partial charge in [-0.3, -0.25) is 0 Å². The third-order valence-corrected chi connectivity index (χ3v) is 4.14. The van der Waals surface area contributed by atoms with Crippen molar-refractivity contribution in [3.8, 4) is 0 Å². The maximum Gasteiger partial charge on any atom is 0.0105 e. The maximum atomic E-state index is 5.57. The number of nitrogens with zero attached hydrogens (tertiary/aromatic N) is 1. The molecule has 1 saturated heterocycles. The summed E-state index contributed by atoms with van der Waals surface area (Å²) < 4.78 is 0. The zero-order valence-corrected chi connectivity index (χ0v) is 9.25. The van der Waals surface area contributed by atoms with Crippen molar-refractivity contribution in [3.63, 3.8) is 0 Å². The number of piperidine rings is 1. The first kappa shape index (κ1) is 10.4. The van der Waals surface area contributed by atoms with Gasteiger partial charge in [0, 0.05) is 13.1 Å². The third-order valence-electron chi connectivity index (χ3n) is 4.14. The lowest BCUT2D eigenvalue weighted by Crippen LogP contribution is -2.38. The van der Waals surface area contributed by atoms with E-state index >= 15 is 0 Å². The molecular weight excluding hydrogens is 172 g/mol. The minimum atomic E-state index is 0.827. The molecule has 2 aliphatic rings. The summed E-state index contributed by atoms with van der Waals surface area (Å²) in [6.07, 6.45) is 8.89. The highest BCUT2D eigenvalue weighted by Crippen LogP contribution is 2.36. The van der Waals surface area contributed by atoms with Crippen LogP contribution in [0.1, 0.15) is 38.5 Å². The lowest BCUT2D eigenvalue weighted by atomic mass is 9.83. The van der Waals surface area contributed by atoms with Crippen LogP contribution in [0.25, 0.3) is 0 Å². The highest BCUT2D eigenvalue weighted by Gasteiger charge is 2.27. The van der Waals surface area contributed by atoms with Crippen molar-refractivity contribution in [1.82, 2.24) is 4.90 Å². The number of likely N-dealkylation sites (tertiary alicyclic amines) is 1. The SMILES string of the molecule is NCCN1CCC(C2CCCC2)CC1. The molecule has 0 aromatic rings. The molecule has 1 aliphatic carbocycles. The molecule has 14 heavy (non-hydrogen) atoms. The van der Waals surface area contributed by atoms with Crippen LogP contribution in [-0.4, -0.2) is 31.1 Å². The minimum absolute atomic E-state index is 0.827. The average molecular weight is 196 g/mol. The van der Waals surface area contributed by atoms with E-state index in [1.807, 2.05) is 0 Å². The van der Waals surface area contributed by atoms with Gasteiger partial charge in [-0.25, -0.2) is 0 Å². The van der Waals surface area contributed by atoms with Gasteiger partial charge in [-0.1, -0.05) is 25.7 Å². The van der Waals surface area contributed by atoms with Crippen LogP contribution >= 0.6 is 0 Å². The molecule has 0 unspecified atom stereocenters. The van der Waals surface area contributed by atoms with Crippen molar-refractivity contribution in [2.75, 3.05) is 26.2 Å². The van der Waals surface area contributed by atoms with E-state index in [0.717, 1.165) is 24.9 Å². The molecule has 0 aromatic carbocycles. The van der Waals surface area contributed by atoms with Crippen LogP contribution in [0.3, 0.4) is 0 Å². The van der Waals surface area contributed by atoms with Crippen LogP contribution in [-0.2, 0) is 0 Å². The molecule has 0 amide bonds. The summed E-state index contributed by atoms with van der Waals surface area (Å²) in [5.74, 6) is 2.13. The normalized spacial score (nSPS) is 27.2. The van der Waals surface area contributed by atoms with Gasteiger partial charge in [0.15, 0.2) is 0 Å². The Morgan fingerprint density at radius 1 is 0.929 bits per heavy atom. The molecule has 0 atom stereocenters. The van der Waals surface area contributed by atoms with Crippen molar-refractivity contribution < 1.29 is 0 Å². The summed E-state index contributed by atoms with van der Waals surface area (Å²) in [4.78, 5) is 2.53. The quantitative estimate of drug-likeness (QED) is 0.746. The Morgan fingerprint density at radius 3 is 2.07 bits per heavy atom. The first-order chi connectivity index (χ1) is 6.90. The monoisotopic (exact) mass is 196 g/mol. The smallest absolute Gasteiger partial charge is 0.0105 e. The molecule has 0 aromatic heterocycles. The number of hydrogen-bond acceptors (Lipinski definition) is 2. The van der Waals surface area contributed by atoms with Crippen molar-refractivity contribution >= 4 is 0 Å². The minimum Gasteiger partial charge on any atom is -0.329 e. The molecule has 2 rings (SSSR count). The van der Waals surface area contributed by atoms with Gasteiger partial charge in [0.2, 0.25) is 0 Å². The number of rotatable bonds is 3. The second-order valence-corrected chi connectivity index (χ2v) is 5.01. The summed E-state index contributed by atoms with van der Waals surface area (Å²) in [6.45, 7) is 4.54. The van der Waals surface area contributed by atoms with E-state index < -0.39 is 0 Å². The lowest BCUT2D eigenvalue weighted by Gasteiger charge is -2.34. The molecule has 0 radical (unpaired) electrons. The van der Waals surface area contributed by atoms with Crippen LogP contribution in [0.5, 0.6) is 0 Å². The topological polar surface area (TPSA) is 29.3 Å². The first-order valence-corrected chi connectivity index (χ1v) is 6.32. The van der Waals surface area contributed by atoms with Gasteiger partial charge < -0.3 is 10.6 Å². The fourth-order valence-corrected chi connectivity index (χ4v) is 3.26. The van der Waals surface area contributed by atoms with Crippen LogP contribution in [0.15, 0.2) is 0 Å². The Kier molecular flexibility index (Phi) is 3.82. The summed E-state index contributed by atoms with van der Waals surface area (Å²) in [7, 11) is 0. The van der Waals surface area contributed by atoms with Crippen LogP contribution in [0.4, 0.5) is 0 Å². The molecule has 2 N–H and O–H groups in total. The van der Waals surface area contributed by atoms with Gasteiger partial charge in [-0.2, -0.15) is 0 Å². The fraction of sp³-hybridized carbons (Fsp3) is 1.00.